The molecule has 0 radical (unpaired) electrons. The quantitative estimate of drug-likeness (QED) is 0.852. The van der Waals surface area contributed by atoms with E-state index in [0.717, 1.165) is 19.3 Å². The van der Waals surface area contributed by atoms with Gasteiger partial charge < -0.3 is 19.9 Å². The van der Waals surface area contributed by atoms with Gasteiger partial charge in [-0.25, -0.2) is 9.78 Å². The number of aryl methyl sites for hydroxylation is 1. The van der Waals surface area contributed by atoms with Crippen molar-refractivity contribution in [1.29, 1.82) is 0 Å². The maximum absolute atomic E-state index is 12.6. The van der Waals surface area contributed by atoms with Gasteiger partial charge in [0.15, 0.2) is 0 Å². The normalized spacial score (nSPS) is 16.5. The number of nitrogens with zero attached hydrogens (tertiary/aromatic N) is 3. The molecular formula is C18H24N4O2. The zero-order valence-corrected chi connectivity index (χ0v) is 13.8. The van der Waals surface area contributed by atoms with Gasteiger partial charge in [-0.3, -0.25) is 0 Å². The summed E-state index contributed by atoms with van der Waals surface area (Å²) in [5.41, 5.74) is 2.52. The monoisotopic (exact) mass is 328 g/mol. The molecule has 0 aliphatic heterocycles. The van der Waals surface area contributed by atoms with Crippen molar-refractivity contribution in [2.45, 2.75) is 31.8 Å². The molecule has 6 heteroatoms. The maximum atomic E-state index is 12.6. The molecule has 6 nitrogen and oxygen atoms in total. The summed E-state index contributed by atoms with van der Waals surface area (Å²) in [7, 11) is 0. The zero-order valence-electron chi connectivity index (χ0n) is 13.8. The van der Waals surface area contributed by atoms with Gasteiger partial charge in [0.2, 0.25) is 0 Å². The summed E-state index contributed by atoms with van der Waals surface area (Å²) in [6.45, 7) is 1.52. The summed E-state index contributed by atoms with van der Waals surface area (Å²) < 4.78 is 1.92. The molecule has 0 fully saturated rings. The van der Waals surface area contributed by atoms with Crippen LogP contribution in [0.4, 0.5) is 4.79 Å². The van der Waals surface area contributed by atoms with Crippen molar-refractivity contribution in [3.8, 4) is 0 Å². The van der Waals surface area contributed by atoms with Gasteiger partial charge in [0, 0.05) is 32.0 Å². The van der Waals surface area contributed by atoms with E-state index in [0.29, 0.717) is 19.6 Å². The van der Waals surface area contributed by atoms with Gasteiger partial charge in [-0.2, -0.15) is 0 Å². The van der Waals surface area contributed by atoms with Crippen LogP contribution in [0.5, 0.6) is 0 Å². The highest BCUT2D eigenvalue weighted by Crippen LogP contribution is 2.34. The van der Waals surface area contributed by atoms with Gasteiger partial charge >= 0.3 is 6.03 Å². The van der Waals surface area contributed by atoms with Gasteiger partial charge in [-0.05, 0) is 30.4 Å². The summed E-state index contributed by atoms with van der Waals surface area (Å²) in [5.74, 6) is 0. The van der Waals surface area contributed by atoms with Crippen LogP contribution in [0.1, 0.15) is 30.0 Å². The Morgan fingerprint density at radius 2 is 2.29 bits per heavy atom. The lowest BCUT2D eigenvalue weighted by atomic mass is 9.87. The number of aliphatic hydroxyl groups excluding tert-OH is 1. The van der Waals surface area contributed by atoms with Crippen molar-refractivity contribution < 1.29 is 9.90 Å². The molecule has 0 saturated heterocycles. The number of imidazole rings is 1. The molecule has 2 amide bonds. The third-order valence-corrected chi connectivity index (χ3v) is 4.52. The number of aliphatic hydroxyl groups is 1. The Balaban J connectivity index is 1.66. The SMILES string of the molecule is O=C(NCCn1ccnc1)N(CCO)C1CCCc2ccccc21. The van der Waals surface area contributed by atoms with Crippen LogP contribution in [0.3, 0.4) is 0 Å². The number of carbonyl (C=O) groups excluding carboxylic acids is 1. The molecule has 2 aromatic rings. The number of amides is 2. The van der Waals surface area contributed by atoms with Crippen molar-refractivity contribution in [3.05, 3.63) is 54.1 Å². The number of carbonyl (C=O) groups is 1. The second-order valence-corrected chi connectivity index (χ2v) is 6.06. The maximum Gasteiger partial charge on any atom is 0.318 e. The van der Waals surface area contributed by atoms with Crippen LogP contribution < -0.4 is 5.32 Å². The lowest BCUT2D eigenvalue weighted by molar-refractivity contribution is 0.144. The first-order valence-electron chi connectivity index (χ1n) is 8.48. The predicted octanol–water partition coefficient (Wildman–Crippen LogP) is 1.96. The Labute approximate surface area is 142 Å². The minimum atomic E-state index is -0.120. The van der Waals surface area contributed by atoms with Crippen LogP contribution in [0.15, 0.2) is 43.0 Å². The van der Waals surface area contributed by atoms with Crippen molar-refractivity contribution in [1.82, 2.24) is 19.8 Å². The Bertz CT molecular complexity index is 657. The molecular weight excluding hydrogens is 304 g/mol. The summed E-state index contributed by atoms with van der Waals surface area (Å²) in [6, 6.07) is 8.22. The molecule has 1 aromatic carbocycles. The van der Waals surface area contributed by atoms with Gasteiger partial charge in [-0.15, -0.1) is 0 Å². The van der Waals surface area contributed by atoms with E-state index < -0.39 is 0 Å². The molecule has 1 aromatic heterocycles. The molecule has 2 N–H and O–H groups in total. The van der Waals surface area contributed by atoms with Crippen LogP contribution in [-0.2, 0) is 13.0 Å². The molecule has 1 aliphatic rings. The molecule has 1 unspecified atom stereocenters. The van der Waals surface area contributed by atoms with Gasteiger partial charge in [0.25, 0.3) is 0 Å². The molecule has 3 rings (SSSR count). The van der Waals surface area contributed by atoms with Crippen LogP contribution in [-0.4, -0.2) is 45.3 Å². The third-order valence-electron chi connectivity index (χ3n) is 4.52. The van der Waals surface area contributed by atoms with Gasteiger partial charge in [0.1, 0.15) is 0 Å². The third kappa shape index (κ3) is 3.76. The zero-order chi connectivity index (χ0) is 16.8. The second-order valence-electron chi connectivity index (χ2n) is 6.06. The summed E-state index contributed by atoms with van der Waals surface area (Å²) >= 11 is 0. The van der Waals surface area contributed by atoms with E-state index in [1.54, 1.807) is 17.4 Å². The fourth-order valence-electron chi connectivity index (χ4n) is 3.37. The second kappa shape index (κ2) is 7.97. The number of aromatic nitrogens is 2. The fraction of sp³-hybridized carbons (Fsp3) is 0.444. The van der Waals surface area contributed by atoms with Crippen LogP contribution in [0.2, 0.25) is 0 Å². The lowest BCUT2D eigenvalue weighted by Gasteiger charge is -2.35. The fourth-order valence-corrected chi connectivity index (χ4v) is 3.37. The number of fused-ring (bicyclic) bond motifs is 1. The number of hydrogen-bond acceptors (Lipinski definition) is 3. The van der Waals surface area contributed by atoms with E-state index in [-0.39, 0.29) is 18.7 Å². The molecule has 1 heterocycles. The topological polar surface area (TPSA) is 70.4 Å². The molecule has 1 aliphatic carbocycles. The lowest BCUT2D eigenvalue weighted by Crippen LogP contribution is -2.45. The Hall–Kier alpha value is -2.34. The van der Waals surface area contributed by atoms with E-state index in [4.69, 9.17) is 0 Å². The van der Waals surface area contributed by atoms with Crippen molar-refractivity contribution in [2.24, 2.45) is 0 Å². The Morgan fingerprint density at radius 1 is 1.42 bits per heavy atom. The van der Waals surface area contributed by atoms with Crippen LogP contribution in [0, 0.1) is 0 Å². The highest BCUT2D eigenvalue weighted by Gasteiger charge is 2.28. The first kappa shape index (κ1) is 16.5. The molecule has 0 saturated carbocycles. The highest BCUT2D eigenvalue weighted by atomic mass is 16.3. The van der Waals surface area contributed by atoms with Crippen LogP contribution in [0.25, 0.3) is 0 Å². The van der Waals surface area contributed by atoms with E-state index in [2.05, 4.69) is 22.4 Å². The number of urea groups is 1. The highest BCUT2D eigenvalue weighted by molar-refractivity contribution is 5.75. The Morgan fingerprint density at radius 3 is 3.08 bits per heavy atom. The average molecular weight is 328 g/mol. The van der Waals surface area contributed by atoms with E-state index in [9.17, 15) is 9.90 Å². The van der Waals surface area contributed by atoms with E-state index in [1.165, 1.54) is 11.1 Å². The number of nitrogens with one attached hydrogen (secondary N) is 1. The molecule has 24 heavy (non-hydrogen) atoms. The average Bonchev–Trinajstić information content (AvgIpc) is 3.12. The first-order chi connectivity index (χ1) is 11.8. The predicted molar refractivity (Wildman–Crippen MR) is 91.5 cm³/mol. The summed E-state index contributed by atoms with van der Waals surface area (Å²) in [5, 5.41) is 12.4. The molecule has 1 atom stereocenters. The standard InChI is InChI=1S/C18H24N4O2/c23-13-12-22(18(24)20-9-11-21-10-8-19-14-21)17-7-3-5-15-4-1-2-6-16(15)17/h1-2,4,6,8,10,14,17,23H,3,5,7,9,11-13H2,(H,20,24). The van der Waals surface area contributed by atoms with Gasteiger partial charge in [0.05, 0.1) is 19.0 Å². The van der Waals surface area contributed by atoms with Crippen LogP contribution >= 0.6 is 0 Å². The largest absolute Gasteiger partial charge is 0.395 e. The summed E-state index contributed by atoms with van der Waals surface area (Å²) in [6.07, 6.45) is 8.38. The van der Waals surface area contributed by atoms with E-state index in [1.807, 2.05) is 22.9 Å². The van der Waals surface area contributed by atoms with E-state index >= 15 is 0 Å². The minimum absolute atomic E-state index is 0.0341. The molecule has 128 valence electrons. The van der Waals surface area contributed by atoms with Gasteiger partial charge in [-0.1, -0.05) is 24.3 Å². The molecule has 0 spiro atoms. The first-order valence-corrected chi connectivity index (χ1v) is 8.48. The van der Waals surface area contributed by atoms with Crippen molar-refractivity contribution in [2.75, 3.05) is 19.7 Å². The Kier molecular flexibility index (Phi) is 5.48. The van der Waals surface area contributed by atoms with Crippen molar-refractivity contribution >= 4 is 6.03 Å². The molecule has 0 bridgehead atoms. The number of hydrogen-bond donors (Lipinski definition) is 2. The minimum Gasteiger partial charge on any atom is -0.395 e. The summed E-state index contributed by atoms with van der Waals surface area (Å²) in [4.78, 5) is 18.4. The smallest absolute Gasteiger partial charge is 0.318 e. The number of benzene rings is 1. The number of rotatable bonds is 6. The van der Waals surface area contributed by atoms with Crippen molar-refractivity contribution in [3.63, 3.8) is 0 Å².